The Labute approximate surface area is 149 Å². The second-order valence-corrected chi connectivity index (χ2v) is 8.36. The lowest BCUT2D eigenvalue weighted by Gasteiger charge is -2.17. The molecule has 0 radical (unpaired) electrons. The van der Waals surface area contributed by atoms with Gasteiger partial charge in [-0.2, -0.15) is 4.57 Å². The van der Waals surface area contributed by atoms with E-state index in [1.54, 1.807) is 11.3 Å². The molecule has 0 atom stereocenters. The van der Waals surface area contributed by atoms with Gasteiger partial charge in [0.15, 0.2) is 12.4 Å². The van der Waals surface area contributed by atoms with Crippen molar-refractivity contribution in [2.24, 2.45) is 14.1 Å². The highest BCUT2D eigenvalue weighted by Gasteiger charge is 2.22. The van der Waals surface area contributed by atoms with E-state index < -0.39 is 0 Å². The molecule has 0 saturated carbocycles. The van der Waals surface area contributed by atoms with Crippen molar-refractivity contribution >= 4 is 11.3 Å². The van der Waals surface area contributed by atoms with Crippen molar-refractivity contribution in [2.75, 3.05) is 0 Å². The number of benzene rings is 1. The van der Waals surface area contributed by atoms with Crippen molar-refractivity contribution in [2.45, 2.75) is 33.1 Å². The molecular formula is C21H26N2S+2. The Hall–Kier alpha value is -2.00. The smallest absolute Gasteiger partial charge is 0.201 e. The Morgan fingerprint density at radius 3 is 2.21 bits per heavy atom. The van der Waals surface area contributed by atoms with Crippen molar-refractivity contribution in [1.29, 1.82) is 0 Å². The summed E-state index contributed by atoms with van der Waals surface area (Å²) in [6, 6.07) is 11.1. The number of pyridine rings is 1. The number of nitrogens with zero attached hydrogens (tertiary/aromatic N) is 2. The van der Waals surface area contributed by atoms with Crippen molar-refractivity contribution in [3.8, 4) is 21.8 Å². The lowest BCUT2D eigenvalue weighted by molar-refractivity contribution is -0.661. The molecule has 2 nitrogen and oxygen atoms in total. The van der Waals surface area contributed by atoms with Crippen molar-refractivity contribution in [3.63, 3.8) is 0 Å². The second-order valence-electron chi connectivity index (χ2n) is 7.46. The van der Waals surface area contributed by atoms with Gasteiger partial charge < -0.3 is 0 Å². The largest absolute Gasteiger partial charge is 0.269 e. The Morgan fingerprint density at radius 1 is 0.917 bits per heavy atom. The maximum absolute atomic E-state index is 2.26. The van der Waals surface area contributed by atoms with Gasteiger partial charge in [0.2, 0.25) is 5.69 Å². The molecular weight excluding hydrogens is 312 g/mol. The molecule has 3 rings (SSSR count). The highest BCUT2D eigenvalue weighted by molar-refractivity contribution is 7.12. The summed E-state index contributed by atoms with van der Waals surface area (Å²) in [6.07, 6.45) is 4.37. The number of hydrogen-bond acceptors (Lipinski definition) is 1. The van der Waals surface area contributed by atoms with E-state index in [0.29, 0.717) is 0 Å². The lowest BCUT2D eigenvalue weighted by atomic mass is 9.87. The number of hydrogen-bond donors (Lipinski definition) is 0. The average molecular weight is 339 g/mol. The SMILES string of the molecule is Cc1c(-c2ccc(C(C)(C)C)c[n+]2C)cccc1-c1scc[n+]1C. The van der Waals surface area contributed by atoms with Crippen LogP contribution in [0.25, 0.3) is 21.8 Å². The van der Waals surface area contributed by atoms with E-state index >= 15 is 0 Å². The molecule has 0 fully saturated rings. The fourth-order valence-corrected chi connectivity index (χ4v) is 4.01. The zero-order valence-corrected chi connectivity index (χ0v) is 16.2. The molecule has 0 bridgehead atoms. The van der Waals surface area contributed by atoms with E-state index in [0.717, 1.165) is 0 Å². The predicted octanol–water partition coefficient (Wildman–Crippen LogP) is 4.34. The van der Waals surface area contributed by atoms with Crippen LogP contribution in [0.5, 0.6) is 0 Å². The van der Waals surface area contributed by atoms with Crippen LogP contribution in [-0.2, 0) is 19.5 Å². The first kappa shape index (κ1) is 16.8. The maximum atomic E-state index is 2.26. The topological polar surface area (TPSA) is 7.76 Å². The van der Waals surface area contributed by atoms with E-state index in [1.807, 2.05) is 0 Å². The van der Waals surface area contributed by atoms with Gasteiger partial charge in [0, 0.05) is 17.2 Å². The third kappa shape index (κ3) is 3.01. The Morgan fingerprint density at radius 2 is 1.62 bits per heavy atom. The maximum Gasteiger partial charge on any atom is 0.269 e. The van der Waals surface area contributed by atoms with E-state index in [9.17, 15) is 0 Å². The summed E-state index contributed by atoms with van der Waals surface area (Å²) >= 11 is 1.79. The number of aromatic nitrogens is 2. The minimum Gasteiger partial charge on any atom is -0.201 e. The summed E-state index contributed by atoms with van der Waals surface area (Å²) in [4.78, 5) is 0. The third-order valence-electron chi connectivity index (χ3n) is 4.62. The lowest BCUT2D eigenvalue weighted by Crippen LogP contribution is -2.33. The fourth-order valence-electron chi connectivity index (χ4n) is 3.07. The molecule has 0 aliphatic carbocycles. The van der Waals surface area contributed by atoms with Crippen molar-refractivity contribution in [1.82, 2.24) is 0 Å². The number of rotatable bonds is 2. The van der Waals surface area contributed by atoms with Crippen LogP contribution in [0.1, 0.15) is 31.9 Å². The normalized spacial score (nSPS) is 11.8. The quantitative estimate of drug-likeness (QED) is 0.614. The molecule has 0 saturated heterocycles. The fraction of sp³-hybridized carbons (Fsp3) is 0.333. The molecule has 124 valence electrons. The molecule has 0 N–H and O–H groups in total. The van der Waals surface area contributed by atoms with Gasteiger partial charge in [0.25, 0.3) is 5.01 Å². The van der Waals surface area contributed by atoms with Crippen LogP contribution >= 0.6 is 11.3 Å². The second kappa shape index (κ2) is 6.14. The number of aryl methyl sites for hydroxylation is 2. The van der Waals surface area contributed by atoms with Crippen LogP contribution in [0.4, 0.5) is 0 Å². The highest BCUT2D eigenvalue weighted by Crippen LogP contribution is 2.31. The summed E-state index contributed by atoms with van der Waals surface area (Å²) < 4.78 is 4.45. The van der Waals surface area contributed by atoms with Gasteiger partial charge in [-0.15, -0.1) is 0 Å². The molecule has 0 aliphatic heterocycles. The molecule has 0 spiro atoms. The van der Waals surface area contributed by atoms with Gasteiger partial charge >= 0.3 is 0 Å². The van der Waals surface area contributed by atoms with Gasteiger partial charge in [-0.1, -0.05) is 38.2 Å². The molecule has 3 aromatic rings. The van der Waals surface area contributed by atoms with E-state index in [4.69, 9.17) is 0 Å². The summed E-state index contributed by atoms with van der Waals surface area (Å²) in [6.45, 7) is 8.99. The van der Waals surface area contributed by atoms with Crippen molar-refractivity contribution in [3.05, 3.63) is 59.2 Å². The third-order valence-corrected chi connectivity index (χ3v) is 5.61. The van der Waals surface area contributed by atoms with Gasteiger partial charge in [-0.25, -0.2) is 4.57 Å². The number of thiazole rings is 1. The highest BCUT2D eigenvalue weighted by atomic mass is 32.1. The van der Waals surface area contributed by atoms with Gasteiger partial charge in [0.1, 0.15) is 14.1 Å². The molecule has 2 heterocycles. The summed E-state index contributed by atoms with van der Waals surface area (Å²) in [5.74, 6) is 0. The average Bonchev–Trinajstić information content (AvgIpc) is 2.93. The van der Waals surface area contributed by atoms with Gasteiger partial charge in [0.05, 0.1) is 10.9 Å². The Balaban J connectivity index is 2.13. The zero-order chi connectivity index (χ0) is 17.5. The standard InChI is InChI=1S/C21H26N2S/c1-15-17(8-7-9-18(15)20-22(5)12-13-24-20)19-11-10-16(14-23(19)6)21(2,3)4/h7-14H,1-6H3/q+2. The summed E-state index contributed by atoms with van der Waals surface area (Å²) in [7, 11) is 4.25. The first-order valence-electron chi connectivity index (χ1n) is 8.32. The first-order chi connectivity index (χ1) is 11.3. The first-order valence-corrected chi connectivity index (χ1v) is 9.20. The van der Waals surface area contributed by atoms with Crippen LogP contribution in [-0.4, -0.2) is 0 Å². The minimum absolute atomic E-state index is 0.165. The minimum atomic E-state index is 0.165. The van der Waals surface area contributed by atoms with Crippen LogP contribution in [0.2, 0.25) is 0 Å². The monoisotopic (exact) mass is 338 g/mol. The zero-order valence-electron chi connectivity index (χ0n) is 15.4. The van der Waals surface area contributed by atoms with Crippen LogP contribution in [0.3, 0.4) is 0 Å². The van der Waals surface area contributed by atoms with Crippen molar-refractivity contribution < 1.29 is 9.13 Å². The molecule has 24 heavy (non-hydrogen) atoms. The van der Waals surface area contributed by atoms with E-state index in [-0.39, 0.29) is 5.41 Å². The van der Waals surface area contributed by atoms with Crippen LogP contribution in [0.15, 0.2) is 48.1 Å². The summed E-state index contributed by atoms with van der Waals surface area (Å²) in [5.41, 5.74) is 6.70. The molecule has 0 amide bonds. The van der Waals surface area contributed by atoms with E-state index in [2.05, 4.69) is 99.0 Å². The molecule has 2 aromatic heterocycles. The molecule has 1 aromatic carbocycles. The summed E-state index contributed by atoms with van der Waals surface area (Å²) in [5, 5.41) is 3.43. The molecule has 0 unspecified atom stereocenters. The van der Waals surface area contributed by atoms with E-state index in [1.165, 1.54) is 33.0 Å². The molecule has 3 heteroatoms. The van der Waals surface area contributed by atoms with Gasteiger partial charge in [-0.3, -0.25) is 0 Å². The Kier molecular flexibility index (Phi) is 4.31. The van der Waals surface area contributed by atoms with Crippen LogP contribution in [0, 0.1) is 6.92 Å². The van der Waals surface area contributed by atoms with Gasteiger partial charge in [-0.05, 0) is 36.1 Å². The molecule has 0 aliphatic rings. The Bertz CT molecular complexity index is 885. The van der Waals surface area contributed by atoms with Crippen LogP contribution < -0.4 is 9.13 Å². The predicted molar refractivity (Wildman–Crippen MR) is 101 cm³/mol.